The van der Waals surface area contributed by atoms with Gasteiger partial charge in [0.15, 0.2) is 0 Å². The van der Waals surface area contributed by atoms with Crippen molar-refractivity contribution in [2.45, 2.75) is 63.8 Å². The number of ether oxygens (including phenoxy) is 2. The minimum Gasteiger partial charge on any atom is -0.497 e. The van der Waals surface area contributed by atoms with Gasteiger partial charge in [-0.2, -0.15) is 0 Å². The quantitative estimate of drug-likeness (QED) is 0.336. The van der Waals surface area contributed by atoms with E-state index in [2.05, 4.69) is 17.1 Å². The molecule has 7 heteroatoms. The summed E-state index contributed by atoms with van der Waals surface area (Å²) in [6.07, 6.45) is 5.95. The minimum absolute atomic E-state index is 0.0788. The number of methoxy groups -OCH3 is 2. The zero-order chi connectivity index (χ0) is 28.6. The molecule has 2 aliphatic rings. The van der Waals surface area contributed by atoms with Crippen molar-refractivity contribution in [3.05, 3.63) is 95.6 Å². The Balaban J connectivity index is 1.50. The van der Waals surface area contributed by atoms with Crippen LogP contribution in [0.4, 0.5) is 4.79 Å². The molecule has 1 aliphatic heterocycles. The lowest BCUT2D eigenvalue weighted by molar-refractivity contribution is -0.0287. The van der Waals surface area contributed by atoms with Gasteiger partial charge in [-0.3, -0.25) is 5.01 Å². The van der Waals surface area contributed by atoms with Crippen LogP contribution in [0.25, 0.3) is 0 Å². The molecule has 0 spiro atoms. The van der Waals surface area contributed by atoms with Gasteiger partial charge in [0.1, 0.15) is 11.5 Å². The number of nitrogens with zero attached hydrogens (tertiary/aromatic N) is 3. The summed E-state index contributed by atoms with van der Waals surface area (Å²) in [6, 6.07) is 25.5. The topological polar surface area (TPSA) is 65.5 Å². The Morgan fingerprint density at radius 2 is 1.34 bits per heavy atom. The van der Waals surface area contributed by atoms with Gasteiger partial charge in [-0.15, -0.1) is 0 Å². The molecule has 1 N–H and O–H groups in total. The van der Waals surface area contributed by atoms with Crippen LogP contribution in [-0.2, 0) is 19.5 Å². The van der Waals surface area contributed by atoms with Crippen LogP contribution >= 0.6 is 0 Å². The highest BCUT2D eigenvalue weighted by molar-refractivity contribution is 5.75. The number of hydrogen-bond acceptors (Lipinski definition) is 5. The Morgan fingerprint density at radius 3 is 1.93 bits per heavy atom. The average Bonchev–Trinajstić information content (AvgIpc) is 3.10. The molecule has 0 bridgehead atoms. The lowest BCUT2D eigenvalue weighted by atomic mass is 9.89. The van der Waals surface area contributed by atoms with E-state index >= 15 is 0 Å². The Labute approximate surface area is 244 Å². The van der Waals surface area contributed by atoms with Crippen LogP contribution in [0.2, 0.25) is 0 Å². The van der Waals surface area contributed by atoms with Crippen molar-refractivity contribution in [3.63, 3.8) is 0 Å². The van der Waals surface area contributed by atoms with E-state index in [0.717, 1.165) is 34.7 Å². The highest BCUT2D eigenvalue weighted by Gasteiger charge is 2.40. The number of carbonyl (C=O) groups excluding carboxylic acids is 1. The number of urea groups is 1. The number of carbonyl (C=O) groups is 1. The molecule has 0 aromatic heterocycles. The lowest BCUT2D eigenvalue weighted by Crippen LogP contribution is -2.52. The van der Waals surface area contributed by atoms with Crippen LogP contribution in [0.1, 0.15) is 48.8 Å². The number of β-amino-alcohol motifs (C(OH)–C–C–N with tert-alkyl or cyclic N) is 1. The molecular weight excluding hydrogens is 514 g/mol. The highest BCUT2D eigenvalue weighted by atomic mass is 16.5. The molecule has 1 saturated heterocycles. The van der Waals surface area contributed by atoms with Crippen molar-refractivity contribution in [3.8, 4) is 11.5 Å². The second kappa shape index (κ2) is 13.9. The van der Waals surface area contributed by atoms with Gasteiger partial charge in [0.05, 0.1) is 32.9 Å². The summed E-state index contributed by atoms with van der Waals surface area (Å²) in [5.74, 6) is 2.08. The van der Waals surface area contributed by atoms with E-state index in [0.29, 0.717) is 32.0 Å². The molecule has 3 aromatic carbocycles. The monoisotopic (exact) mass is 557 g/mol. The number of hydrazine groups is 1. The second-order valence-electron chi connectivity index (χ2n) is 11.4. The summed E-state index contributed by atoms with van der Waals surface area (Å²) in [5.41, 5.74) is 3.12. The van der Waals surface area contributed by atoms with E-state index in [-0.39, 0.29) is 12.1 Å². The van der Waals surface area contributed by atoms with Crippen molar-refractivity contribution in [1.29, 1.82) is 0 Å². The number of aliphatic hydroxyl groups is 1. The molecule has 1 saturated carbocycles. The number of amides is 2. The smallest absolute Gasteiger partial charge is 0.335 e. The molecule has 1 aliphatic carbocycles. The molecule has 41 heavy (non-hydrogen) atoms. The highest BCUT2D eigenvalue weighted by Crippen LogP contribution is 2.30. The summed E-state index contributed by atoms with van der Waals surface area (Å²) in [5, 5.41) is 15.8. The Bertz CT molecular complexity index is 1230. The van der Waals surface area contributed by atoms with Gasteiger partial charge >= 0.3 is 6.03 Å². The van der Waals surface area contributed by atoms with E-state index in [4.69, 9.17) is 9.47 Å². The van der Waals surface area contributed by atoms with E-state index in [1.807, 2.05) is 76.6 Å². The fraction of sp³-hybridized carbons (Fsp3) is 0.441. The maximum Gasteiger partial charge on any atom is 0.335 e. The molecule has 218 valence electrons. The molecule has 0 unspecified atom stereocenters. The molecule has 2 atom stereocenters. The summed E-state index contributed by atoms with van der Waals surface area (Å²) in [4.78, 5) is 16.5. The Kier molecular flexibility index (Phi) is 9.80. The average molecular weight is 558 g/mol. The first-order valence-corrected chi connectivity index (χ1v) is 14.8. The maximum absolute atomic E-state index is 14.6. The summed E-state index contributed by atoms with van der Waals surface area (Å²) in [7, 11) is 3.31. The van der Waals surface area contributed by atoms with Crippen LogP contribution in [-0.4, -0.2) is 65.5 Å². The molecule has 2 fully saturated rings. The van der Waals surface area contributed by atoms with Gasteiger partial charge in [-0.25, -0.2) is 9.80 Å². The lowest BCUT2D eigenvalue weighted by Gasteiger charge is -2.38. The van der Waals surface area contributed by atoms with Gasteiger partial charge < -0.3 is 19.5 Å². The first-order chi connectivity index (χ1) is 20.0. The molecule has 5 rings (SSSR count). The van der Waals surface area contributed by atoms with Crippen molar-refractivity contribution in [1.82, 2.24) is 14.9 Å². The predicted molar refractivity (Wildman–Crippen MR) is 161 cm³/mol. The third-order valence-corrected chi connectivity index (χ3v) is 8.53. The van der Waals surface area contributed by atoms with Crippen molar-refractivity contribution < 1.29 is 19.4 Å². The van der Waals surface area contributed by atoms with Crippen LogP contribution in [0.15, 0.2) is 78.9 Å². The fourth-order valence-corrected chi connectivity index (χ4v) is 6.18. The molecule has 0 radical (unpaired) electrons. The number of hydrogen-bond donors (Lipinski definition) is 1. The Hall–Kier alpha value is -3.55. The van der Waals surface area contributed by atoms with E-state index in [9.17, 15) is 9.90 Å². The summed E-state index contributed by atoms with van der Waals surface area (Å²) in [6.45, 7) is 2.01. The van der Waals surface area contributed by atoms with Crippen molar-refractivity contribution in [2.24, 2.45) is 5.92 Å². The third-order valence-electron chi connectivity index (χ3n) is 8.53. The predicted octanol–water partition coefficient (Wildman–Crippen LogP) is 5.91. The van der Waals surface area contributed by atoms with Gasteiger partial charge in [-0.05, 0) is 66.1 Å². The van der Waals surface area contributed by atoms with Crippen LogP contribution < -0.4 is 9.47 Å². The number of rotatable bonds is 10. The molecule has 2 amide bonds. The largest absolute Gasteiger partial charge is 0.497 e. The fourth-order valence-electron chi connectivity index (χ4n) is 6.18. The van der Waals surface area contributed by atoms with Gasteiger partial charge in [-0.1, -0.05) is 73.9 Å². The van der Waals surface area contributed by atoms with Crippen LogP contribution in [0.3, 0.4) is 0 Å². The molecule has 3 aromatic rings. The van der Waals surface area contributed by atoms with Crippen LogP contribution in [0, 0.1) is 5.92 Å². The number of aliphatic hydroxyl groups excluding tert-OH is 1. The van der Waals surface area contributed by atoms with Crippen molar-refractivity contribution >= 4 is 6.03 Å². The zero-order valence-corrected chi connectivity index (χ0v) is 24.3. The molecule has 1 heterocycles. The van der Waals surface area contributed by atoms with Gasteiger partial charge in [0, 0.05) is 19.6 Å². The van der Waals surface area contributed by atoms with E-state index < -0.39 is 6.10 Å². The van der Waals surface area contributed by atoms with Gasteiger partial charge in [0.2, 0.25) is 0 Å². The minimum atomic E-state index is -0.707. The van der Waals surface area contributed by atoms with E-state index in [1.54, 1.807) is 14.2 Å². The first-order valence-electron chi connectivity index (χ1n) is 14.8. The maximum atomic E-state index is 14.6. The summed E-state index contributed by atoms with van der Waals surface area (Å²) < 4.78 is 10.7. The first kappa shape index (κ1) is 29.0. The standard InChI is InChI=1S/C34H43N3O4/c1-40-30-17-13-28(14-18-30)23-36-32(21-26-9-5-3-6-10-26)33(38)25-35(22-27-11-7-4-8-12-27)37(34(36)39)24-29-15-19-31(41-2)20-16-29/h3,5-6,9-10,13-20,27,32-33,38H,4,7-8,11-12,21-25H2,1-2H3/t32-,33-/m1/s1. The number of benzene rings is 3. The molecular formula is C34H43N3O4. The Morgan fingerprint density at radius 1 is 0.756 bits per heavy atom. The SMILES string of the molecule is COc1ccc(CN2C(=O)N(Cc3ccc(OC)cc3)N(CC3CCCCC3)C[C@@H](O)[C@H]2Cc2ccccc2)cc1. The second-order valence-corrected chi connectivity index (χ2v) is 11.4. The molecule has 7 nitrogen and oxygen atoms in total. The zero-order valence-electron chi connectivity index (χ0n) is 24.3. The summed E-state index contributed by atoms with van der Waals surface area (Å²) >= 11 is 0. The van der Waals surface area contributed by atoms with Crippen LogP contribution in [0.5, 0.6) is 11.5 Å². The van der Waals surface area contributed by atoms with Crippen molar-refractivity contribution in [2.75, 3.05) is 27.3 Å². The third kappa shape index (κ3) is 7.40. The van der Waals surface area contributed by atoms with E-state index in [1.165, 1.54) is 32.1 Å². The normalized spacial score (nSPS) is 20.6. The van der Waals surface area contributed by atoms with Gasteiger partial charge in [0.25, 0.3) is 0 Å².